The van der Waals surface area contributed by atoms with Crippen LogP contribution >= 0.6 is 11.6 Å². The standard InChI is InChI=1S/C18H14ClNO3/c1-10-5-14(20-15-8-12(19)3-4-13(10)15)11-6-16(21-2)18-17(7-11)22-9-23-18/h3-8H,9H2,1-2H3. The van der Waals surface area contributed by atoms with E-state index in [1.54, 1.807) is 7.11 Å². The minimum Gasteiger partial charge on any atom is -0.493 e. The molecule has 0 spiro atoms. The molecule has 0 bridgehead atoms. The van der Waals surface area contributed by atoms with Crippen LogP contribution in [0.25, 0.3) is 22.2 Å². The molecule has 0 fully saturated rings. The fraction of sp³-hybridized carbons (Fsp3) is 0.167. The zero-order valence-corrected chi connectivity index (χ0v) is 13.5. The van der Waals surface area contributed by atoms with E-state index in [-0.39, 0.29) is 6.79 Å². The van der Waals surface area contributed by atoms with E-state index in [1.807, 2.05) is 36.4 Å². The van der Waals surface area contributed by atoms with Gasteiger partial charge in [0, 0.05) is 16.0 Å². The molecule has 0 radical (unpaired) electrons. The number of hydrogen-bond donors (Lipinski definition) is 0. The number of halogens is 1. The SMILES string of the molecule is COc1cc(-c2cc(C)c3ccc(Cl)cc3n2)cc2c1OCO2. The van der Waals surface area contributed by atoms with E-state index < -0.39 is 0 Å². The summed E-state index contributed by atoms with van der Waals surface area (Å²) in [7, 11) is 1.61. The quantitative estimate of drug-likeness (QED) is 0.689. The molecule has 5 heteroatoms. The Bertz CT molecular complexity index is 924. The van der Waals surface area contributed by atoms with Crippen molar-refractivity contribution in [1.29, 1.82) is 0 Å². The van der Waals surface area contributed by atoms with Gasteiger partial charge < -0.3 is 14.2 Å². The molecule has 1 aliphatic rings. The van der Waals surface area contributed by atoms with Gasteiger partial charge in [-0.15, -0.1) is 0 Å². The Labute approximate surface area is 138 Å². The zero-order valence-electron chi connectivity index (χ0n) is 12.7. The maximum Gasteiger partial charge on any atom is 0.231 e. The van der Waals surface area contributed by atoms with Crippen molar-refractivity contribution < 1.29 is 14.2 Å². The summed E-state index contributed by atoms with van der Waals surface area (Å²) in [5.41, 5.74) is 3.76. The number of nitrogens with zero attached hydrogens (tertiary/aromatic N) is 1. The molecule has 1 aromatic heterocycles. The van der Waals surface area contributed by atoms with Crippen LogP contribution in [0.1, 0.15) is 5.56 Å². The second-order valence-corrected chi connectivity index (χ2v) is 5.83. The molecular weight excluding hydrogens is 314 g/mol. The third-order valence-corrected chi connectivity index (χ3v) is 4.17. The summed E-state index contributed by atoms with van der Waals surface area (Å²) in [6.45, 7) is 2.26. The van der Waals surface area contributed by atoms with Gasteiger partial charge in [0.2, 0.25) is 12.5 Å². The maximum absolute atomic E-state index is 6.10. The molecule has 23 heavy (non-hydrogen) atoms. The highest BCUT2D eigenvalue weighted by Crippen LogP contribution is 2.44. The summed E-state index contributed by atoms with van der Waals surface area (Å²) in [5.74, 6) is 1.95. The summed E-state index contributed by atoms with van der Waals surface area (Å²) in [5, 5.41) is 1.76. The Balaban J connectivity index is 1.92. The van der Waals surface area contributed by atoms with Gasteiger partial charge in [0.25, 0.3) is 0 Å². The van der Waals surface area contributed by atoms with E-state index in [1.165, 1.54) is 0 Å². The molecule has 0 aliphatic carbocycles. The lowest BCUT2D eigenvalue weighted by Gasteiger charge is -2.10. The molecule has 1 aliphatic heterocycles. The zero-order chi connectivity index (χ0) is 16.0. The number of pyridine rings is 1. The molecule has 0 saturated carbocycles. The second-order valence-electron chi connectivity index (χ2n) is 5.40. The summed E-state index contributed by atoms with van der Waals surface area (Å²) >= 11 is 6.10. The number of rotatable bonds is 2. The topological polar surface area (TPSA) is 40.6 Å². The predicted molar refractivity (Wildman–Crippen MR) is 89.6 cm³/mol. The third kappa shape index (κ3) is 2.35. The van der Waals surface area contributed by atoms with E-state index in [2.05, 4.69) is 6.92 Å². The van der Waals surface area contributed by atoms with Crippen molar-refractivity contribution in [3.63, 3.8) is 0 Å². The van der Waals surface area contributed by atoms with E-state index in [4.69, 9.17) is 30.8 Å². The lowest BCUT2D eigenvalue weighted by atomic mass is 10.0. The van der Waals surface area contributed by atoms with Crippen LogP contribution < -0.4 is 14.2 Å². The molecule has 116 valence electrons. The number of methoxy groups -OCH3 is 1. The fourth-order valence-electron chi connectivity index (χ4n) is 2.80. The Morgan fingerprint density at radius 1 is 1.13 bits per heavy atom. The molecule has 0 saturated heterocycles. The van der Waals surface area contributed by atoms with Crippen LogP contribution in [0.5, 0.6) is 17.2 Å². The summed E-state index contributed by atoms with van der Waals surface area (Å²) in [6, 6.07) is 11.6. The van der Waals surface area contributed by atoms with Crippen molar-refractivity contribution in [3.8, 4) is 28.5 Å². The summed E-state index contributed by atoms with van der Waals surface area (Å²) in [4.78, 5) is 4.73. The van der Waals surface area contributed by atoms with E-state index in [0.29, 0.717) is 22.3 Å². The van der Waals surface area contributed by atoms with Crippen LogP contribution in [0.3, 0.4) is 0 Å². The number of aryl methyl sites for hydroxylation is 1. The van der Waals surface area contributed by atoms with Crippen LogP contribution in [0.15, 0.2) is 36.4 Å². The number of ether oxygens (including phenoxy) is 3. The lowest BCUT2D eigenvalue weighted by molar-refractivity contribution is 0.171. The lowest BCUT2D eigenvalue weighted by Crippen LogP contribution is -1.93. The Morgan fingerprint density at radius 2 is 2.00 bits per heavy atom. The van der Waals surface area contributed by atoms with Gasteiger partial charge in [0.05, 0.1) is 18.3 Å². The Hall–Kier alpha value is -2.46. The van der Waals surface area contributed by atoms with Crippen molar-refractivity contribution in [2.45, 2.75) is 6.92 Å². The molecule has 2 heterocycles. The van der Waals surface area contributed by atoms with Gasteiger partial charge >= 0.3 is 0 Å². The van der Waals surface area contributed by atoms with Crippen LogP contribution in [0.2, 0.25) is 5.02 Å². The van der Waals surface area contributed by atoms with Crippen molar-refractivity contribution >= 4 is 22.5 Å². The van der Waals surface area contributed by atoms with Crippen LogP contribution in [0, 0.1) is 6.92 Å². The third-order valence-electron chi connectivity index (χ3n) is 3.93. The fourth-order valence-corrected chi connectivity index (χ4v) is 2.97. The first-order chi connectivity index (χ1) is 11.2. The first-order valence-electron chi connectivity index (χ1n) is 7.20. The van der Waals surface area contributed by atoms with Gasteiger partial charge in [-0.3, -0.25) is 0 Å². The molecule has 0 atom stereocenters. The number of hydrogen-bond acceptors (Lipinski definition) is 4. The number of aromatic nitrogens is 1. The molecule has 2 aromatic carbocycles. The van der Waals surface area contributed by atoms with Gasteiger partial charge in [-0.05, 0) is 42.8 Å². The normalized spacial score (nSPS) is 12.7. The van der Waals surface area contributed by atoms with E-state index in [9.17, 15) is 0 Å². The highest BCUT2D eigenvalue weighted by Gasteiger charge is 2.21. The molecule has 3 aromatic rings. The van der Waals surface area contributed by atoms with Gasteiger partial charge in [-0.2, -0.15) is 0 Å². The van der Waals surface area contributed by atoms with Gasteiger partial charge in [0.1, 0.15) is 0 Å². The Morgan fingerprint density at radius 3 is 2.83 bits per heavy atom. The molecule has 4 rings (SSSR count). The number of benzene rings is 2. The highest BCUT2D eigenvalue weighted by atomic mass is 35.5. The Kier molecular flexibility index (Phi) is 3.27. The van der Waals surface area contributed by atoms with Gasteiger partial charge in [-0.1, -0.05) is 17.7 Å². The van der Waals surface area contributed by atoms with Crippen LogP contribution in [-0.4, -0.2) is 18.9 Å². The van der Waals surface area contributed by atoms with Crippen molar-refractivity contribution in [3.05, 3.63) is 47.0 Å². The van der Waals surface area contributed by atoms with Crippen molar-refractivity contribution in [2.75, 3.05) is 13.9 Å². The first-order valence-corrected chi connectivity index (χ1v) is 7.58. The second kappa shape index (κ2) is 5.32. The van der Waals surface area contributed by atoms with Crippen LogP contribution in [0.4, 0.5) is 0 Å². The first kappa shape index (κ1) is 14.2. The van der Waals surface area contributed by atoms with Crippen LogP contribution in [-0.2, 0) is 0 Å². The highest BCUT2D eigenvalue weighted by molar-refractivity contribution is 6.31. The molecular formula is C18H14ClNO3. The molecule has 0 N–H and O–H groups in total. The smallest absolute Gasteiger partial charge is 0.231 e. The van der Waals surface area contributed by atoms with E-state index >= 15 is 0 Å². The van der Waals surface area contributed by atoms with Gasteiger partial charge in [-0.25, -0.2) is 4.98 Å². The largest absolute Gasteiger partial charge is 0.493 e. The summed E-state index contributed by atoms with van der Waals surface area (Å²) in [6.07, 6.45) is 0. The summed E-state index contributed by atoms with van der Waals surface area (Å²) < 4.78 is 16.3. The maximum atomic E-state index is 6.10. The van der Waals surface area contributed by atoms with Crippen molar-refractivity contribution in [2.24, 2.45) is 0 Å². The minimum atomic E-state index is 0.203. The molecule has 0 amide bonds. The van der Waals surface area contributed by atoms with Gasteiger partial charge in [0.15, 0.2) is 11.5 Å². The van der Waals surface area contributed by atoms with E-state index in [0.717, 1.165) is 27.7 Å². The minimum absolute atomic E-state index is 0.203. The number of fused-ring (bicyclic) bond motifs is 2. The van der Waals surface area contributed by atoms with Crippen molar-refractivity contribution in [1.82, 2.24) is 4.98 Å². The monoisotopic (exact) mass is 327 g/mol. The molecule has 0 unspecified atom stereocenters. The predicted octanol–water partition coefficient (Wildman–Crippen LogP) is 4.60. The molecule has 4 nitrogen and oxygen atoms in total. The average Bonchev–Trinajstić information content (AvgIpc) is 3.01. The average molecular weight is 328 g/mol.